The molecular weight excluding hydrogens is 263 g/mol. The van der Waals surface area contributed by atoms with E-state index in [-0.39, 0.29) is 5.82 Å². The van der Waals surface area contributed by atoms with Crippen molar-refractivity contribution in [3.05, 3.63) is 60.0 Å². The van der Waals surface area contributed by atoms with Gasteiger partial charge in [0.1, 0.15) is 11.6 Å². The molecule has 2 nitrogen and oxygen atoms in total. The van der Waals surface area contributed by atoms with Gasteiger partial charge in [0.15, 0.2) is 0 Å². The lowest BCUT2D eigenvalue weighted by atomic mass is 9.96. The third-order valence-corrected chi connectivity index (χ3v) is 3.64. The van der Waals surface area contributed by atoms with Crippen molar-refractivity contribution in [1.29, 1.82) is 0 Å². The van der Waals surface area contributed by atoms with E-state index >= 15 is 0 Å². The van der Waals surface area contributed by atoms with Crippen molar-refractivity contribution in [2.45, 2.75) is 19.8 Å². The van der Waals surface area contributed by atoms with Gasteiger partial charge in [-0.1, -0.05) is 44.2 Å². The van der Waals surface area contributed by atoms with Crippen LogP contribution in [0.2, 0.25) is 0 Å². The average molecular weight is 280 g/mol. The van der Waals surface area contributed by atoms with Crippen LogP contribution in [0.25, 0.3) is 21.9 Å². The number of halogens is 1. The molecule has 2 aromatic carbocycles. The molecule has 2 N–H and O–H groups in total. The summed E-state index contributed by atoms with van der Waals surface area (Å²) in [6.45, 7) is 4.16. The number of hydrogen-bond acceptors (Lipinski definition) is 2. The second kappa shape index (κ2) is 5.17. The van der Waals surface area contributed by atoms with Gasteiger partial charge in [0, 0.05) is 11.1 Å². The van der Waals surface area contributed by atoms with Crippen LogP contribution in [0.3, 0.4) is 0 Å². The van der Waals surface area contributed by atoms with Crippen molar-refractivity contribution < 1.29 is 4.39 Å². The second-order valence-corrected chi connectivity index (χ2v) is 5.50. The number of pyridine rings is 1. The maximum Gasteiger partial charge on any atom is 0.131 e. The number of anilines is 1. The molecular formula is C18H17FN2. The van der Waals surface area contributed by atoms with Crippen LogP contribution in [-0.4, -0.2) is 4.98 Å². The van der Waals surface area contributed by atoms with Crippen LogP contribution in [0.1, 0.15) is 25.5 Å². The minimum Gasteiger partial charge on any atom is -0.384 e. The van der Waals surface area contributed by atoms with Crippen molar-refractivity contribution >= 4 is 16.6 Å². The van der Waals surface area contributed by atoms with Crippen molar-refractivity contribution in [2.75, 3.05) is 5.73 Å². The van der Waals surface area contributed by atoms with E-state index in [4.69, 9.17) is 5.73 Å². The first kappa shape index (κ1) is 13.6. The van der Waals surface area contributed by atoms with E-state index in [1.807, 2.05) is 30.3 Å². The molecule has 0 amide bonds. The smallest absolute Gasteiger partial charge is 0.131 e. The van der Waals surface area contributed by atoms with Crippen LogP contribution < -0.4 is 5.73 Å². The molecule has 0 saturated carbocycles. The van der Waals surface area contributed by atoms with Gasteiger partial charge in [0.05, 0.1) is 0 Å². The fourth-order valence-electron chi connectivity index (χ4n) is 2.54. The van der Waals surface area contributed by atoms with Gasteiger partial charge in [-0.25, -0.2) is 9.37 Å². The van der Waals surface area contributed by atoms with Gasteiger partial charge in [-0.3, -0.25) is 0 Å². The Morgan fingerprint density at radius 1 is 1.00 bits per heavy atom. The summed E-state index contributed by atoms with van der Waals surface area (Å²) in [5, 5.41) is 1.51. The summed E-state index contributed by atoms with van der Waals surface area (Å²) in [4.78, 5) is 4.36. The Hall–Kier alpha value is -2.42. The van der Waals surface area contributed by atoms with E-state index in [1.165, 1.54) is 6.07 Å². The number of nitrogens with zero attached hydrogens (tertiary/aromatic N) is 1. The topological polar surface area (TPSA) is 38.9 Å². The summed E-state index contributed by atoms with van der Waals surface area (Å²) in [5.41, 5.74) is 8.82. The zero-order chi connectivity index (χ0) is 15.0. The molecule has 0 bridgehead atoms. The number of nitrogen functional groups attached to an aromatic ring is 1. The quantitative estimate of drug-likeness (QED) is 0.736. The summed E-state index contributed by atoms with van der Waals surface area (Å²) in [7, 11) is 0. The number of fused-ring (bicyclic) bond motifs is 1. The first-order chi connectivity index (χ1) is 10.1. The molecule has 0 radical (unpaired) electrons. The lowest BCUT2D eigenvalue weighted by Crippen LogP contribution is -1.99. The summed E-state index contributed by atoms with van der Waals surface area (Å²) in [5.74, 6) is 0.573. The first-order valence-electron chi connectivity index (χ1n) is 7.01. The number of rotatable bonds is 2. The molecule has 106 valence electrons. The van der Waals surface area contributed by atoms with Crippen LogP contribution in [0.4, 0.5) is 10.2 Å². The minimum absolute atomic E-state index is 0.208. The Morgan fingerprint density at radius 3 is 2.43 bits per heavy atom. The minimum atomic E-state index is -0.208. The molecule has 0 aliphatic carbocycles. The van der Waals surface area contributed by atoms with Crippen molar-refractivity contribution in [3.8, 4) is 11.1 Å². The standard InChI is InChI=1S/C18H17FN2/c1-11(2)17-9-12(10-18(20)21-17)13-7-8-16(19)15-6-4-3-5-14(13)15/h3-11H,1-2H3,(H2,20,21). The zero-order valence-corrected chi connectivity index (χ0v) is 12.1. The monoisotopic (exact) mass is 280 g/mol. The lowest BCUT2D eigenvalue weighted by molar-refractivity contribution is 0.640. The van der Waals surface area contributed by atoms with E-state index in [1.54, 1.807) is 12.1 Å². The molecule has 21 heavy (non-hydrogen) atoms. The summed E-state index contributed by atoms with van der Waals surface area (Å²) in [6, 6.07) is 14.7. The molecule has 0 spiro atoms. The van der Waals surface area contributed by atoms with Crippen LogP contribution in [0.15, 0.2) is 48.5 Å². The Kier molecular flexibility index (Phi) is 3.34. The molecule has 0 unspecified atom stereocenters. The molecule has 3 heteroatoms. The Labute approximate surface area is 123 Å². The van der Waals surface area contributed by atoms with E-state index in [9.17, 15) is 4.39 Å². The lowest BCUT2D eigenvalue weighted by Gasteiger charge is -2.12. The van der Waals surface area contributed by atoms with E-state index in [0.29, 0.717) is 17.1 Å². The van der Waals surface area contributed by atoms with Gasteiger partial charge in [0.25, 0.3) is 0 Å². The van der Waals surface area contributed by atoms with E-state index in [2.05, 4.69) is 18.8 Å². The highest BCUT2D eigenvalue weighted by atomic mass is 19.1. The van der Waals surface area contributed by atoms with Crippen LogP contribution in [0, 0.1) is 5.82 Å². The Bertz CT molecular complexity index is 809. The van der Waals surface area contributed by atoms with Gasteiger partial charge in [0.2, 0.25) is 0 Å². The second-order valence-electron chi connectivity index (χ2n) is 5.50. The highest BCUT2D eigenvalue weighted by molar-refractivity contribution is 5.97. The molecule has 1 aromatic heterocycles. The Morgan fingerprint density at radius 2 is 1.71 bits per heavy atom. The van der Waals surface area contributed by atoms with Gasteiger partial charge < -0.3 is 5.73 Å². The molecule has 1 heterocycles. The molecule has 0 aliphatic heterocycles. The average Bonchev–Trinajstić information content (AvgIpc) is 2.47. The summed E-state index contributed by atoms with van der Waals surface area (Å²) < 4.78 is 13.9. The van der Waals surface area contributed by atoms with Crippen molar-refractivity contribution in [2.24, 2.45) is 0 Å². The fraction of sp³-hybridized carbons (Fsp3) is 0.167. The van der Waals surface area contributed by atoms with Gasteiger partial charge >= 0.3 is 0 Å². The molecule has 0 fully saturated rings. The molecule has 3 aromatic rings. The van der Waals surface area contributed by atoms with Gasteiger partial charge in [-0.2, -0.15) is 0 Å². The van der Waals surface area contributed by atoms with Crippen LogP contribution in [0.5, 0.6) is 0 Å². The van der Waals surface area contributed by atoms with Crippen LogP contribution >= 0.6 is 0 Å². The maximum absolute atomic E-state index is 13.9. The first-order valence-corrected chi connectivity index (χ1v) is 7.01. The summed E-state index contributed by atoms with van der Waals surface area (Å²) >= 11 is 0. The molecule has 3 rings (SSSR count). The number of nitrogens with two attached hydrogens (primary N) is 1. The molecule has 0 atom stereocenters. The SMILES string of the molecule is CC(C)c1cc(-c2ccc(F)c3ccccc23)cc(N)n1. The highest BCUT2D eigenvalue weighted by Gasteiger charge is 2.10. The highest BCUT2D eigenvalue weighted by Crippen LogP contribution is 2.32. The summed E-state index contributed by atoms with van der Waals surface area (Å²) in [6.07, 6.45) is 0. The fourth-order valence-corrected chi connectivity index (χ4v) is 2.54. The maximum atomic E-state index is 13.9. The molecule has 0 saturated heterocycles. The predicted octanol–water partition coefficient (Wildman–Crippen LogP) is 4.75. The Balaban J connectivity index is 2.28. The number of hydrogen-bond donors (Lipinski definition) is 1. The van der Waals surface area contributed by atoms with Gasteiger partial charge in [-0.15, -0.1) is 0 Å². The number of benzene rings is 2. The van der Waals surface area contributed by atoms with E-state index < -0.39 is 0 Å². The van der Waals surface area contributed by atoms with Crippen molar-refractivity contribution in [3.63, 3.8) is 0 Å². The van der Waals surface area contributed by atoms with Gasteiger partial charge in [-0.05, 0) is 40.6 Å². The largest absolute Gasteiger partial charge is 0.384 e. The normalized spacial score (nSPS) is 11.2. The predicted molar refractivity (Wildman–Crippen MR) is 85.6 cm³/mol. The van der Waals surface area contributed by atoms with E-state index in [0.717, 1.165) is 22.2 Å². The number of aromatic nitrogens is 1. The third kappa shape index (κ3) is 2.47. The third-order valence-electron chi connectivity index (χ3n) is 3.64. The van der Waals surface area contributed by atoms with Crippen molar-refractivity contribution in [1.82, 2.24) is 4.98 Å². The zero-order valence-electron chi connectivity index (χ0n) is 12.1. The molecule has 0 aliphatic rings. The van der Waals surface area contributed by atoms with Crippen LogP contribution in [-0.2, 0) is 0 Å².